The summed E-state index contributed by atoms with van der Waals surface area (Å²) in [6, 6.07) is 23.1. The number of pyridine rings is 1. The average Bonchev–Trinajstić information content (AvgIpc) is 3.67. The molecule has 5 rings (SSSR count). The molecule has 0 spiro atoms. The molecule has 270 valence electrons. The van der Waals surface area contributed by atoms with Crippen LogP contribution in [0, 0.1) is 32.1 Å². The summed E-state index contributed by atoms with van der Waals surface area (Å²) in [5.74, 6) is -2.52. The molecule has 0 saturated heterocycles. The van der Waals surface area contributed by atoms with Gasteiger partial charge in [0.25, 0.3) is 0 Å². The highest BCUT2D eigenvalue weighted by atomic mass is 16.6. The van der Waals surface area contributed by atoms with Crippen molar-refractivity contribution in [3.05, 3.63) is 134 Å². The Balaban J connectivity index is 0.000000367. The minimum absolute atomic E-state index is 0. The van der Waals surface area contributed by atoms with Crippen LogP contribution in [0.3, 0.4) is 0 Å². The van der Waals surface area contributed by atoms with E-state index in [-0.39, 0.29) is 61.4 Å². The number of nitrogens with zero attached hydrogens (tertiary/aromatic N) is 3. The summed E-state index contributed by atoms with van der Waals surface area (Å²) in [5, 5.41) is 41.1. The zero-order valence-corrected chi connectivity index (χ0v) is 27.4. The standard InChI is InChI=1S/C14H15NO4.C12H15NO4.C5H5N.C4H6O3.CH4/c1-10(16)19-9-12-7-8-13(15(17)18)14(12)11-5-3-2-4-6-11;14-7-9-6-10(15)12(13(16)17)11(9)8-4-2-1-3-5-8;1-2-4-6-5-3-1;1-3(5)7-4(2)6;/h2-6,8,12,14H,7,9H2,1H3;1-5,9-12,14-15H,6-7H2;1-5H;1-2H3;1H4/t12-,14+;9-,10?,11+,12?;;;/m00.../s1. The second kappa shape index (κ2) is 22.3. The molecule has 1 fully saturated rings. The zero-order valence-electron chi connectivity index (χ0n) is 27.4. The van der Waals surface area contributed by atoms with E-state index >= 15 is 0 Å². The lowest BCUT2D eigenvalue weighted by atomic mass is 9.87. The van der Waals surface area contributed by atoms with Crippen molar-refractivity contribution in [2.24, 2.45) is 11.8 Å². The molecule has 3 aromatic rings. The van der Waals surface area contributed by atoms with Gasteiger partial charge in [-0.15, -0.1) is 0 Å². The van der Waals surface area contributed by atoms with E-state index in [1.807, 2.05) is 78.9 Å². The third-order valence-corrected chi connectivity index (χ3v) is 7.62. The molecule has 6 atom stereocenters. The van der Waals surface area contributed by atoms with E-state index in [1.54, 1.807) is 18.5 Å². The van der Waals surface area contributed by atoms with Crippen molar-refractivity contribution in [2.45, 2.75) is 65.0 Å². The number of aliphatic hydroxyl groups is 2. The number of esters is 3. The molecule has 0 amide bonds. The molecule has 1 heterocycles. The van der Waals surface area contributed by atoms with Gasteiger partial charge in [0, 0.05) is 50.6 Å². The molecule has 2 N–H and O–H groups in total. The van der Waals surface area contributed by atoms with Crippen molar-refractivity contribution in [3.63, 3.8) is 0 Å². The highest BCUT2D eigenvalue weighted by Gasteiger charge is 2.50. The number of carbonyl (C=O) groups excluding carboxylic acids is 3. The molecule has 14 nitrogen and oxygen atoms in total. The summed E-state index contributed by atoms with van der Waals surface area (Å²) in [6.07, 6.45) is 4.99. The van der Waals surface area contributed by atoms with Gasteiger partial charge in [-0.2, -0.15) is 0 Å². The van der Waals surface area contributed by atoms with Crippen LogP contribution in [0.1, 0.15) is 64.0 Å². The Morgan fingerprint density at radius 1 is 0.820 bits per heavy atom. The van der Waals surface area contributed by atoms with Crippen LogP contribution >= 0.6 is 0 Å². The first kappa shape index (κ1) is 42.7. The second-order valence-electron chi connectivity index (χ2n) is 11.1. The van der Waals surface area contributed by atoms with Crippen LogP contribution in [0.15, 0.2) is 103 Å². The first-order valence-electron chi connectivity index (χ1n) is 15.4. The minimum atomic E-state index is -1.02. The Labute approximate surface area is 291 Å². The molecule has 1 saturated carbocycles. The van der Waals surface area contributed by atoms with Gasteiger partial charge >= 0.3 is 17.9 Å². The third kappa shape index (κ3) is 14.0. The molecular weight excluding hydrogens is 650 g/mol. The summed E-state index contributed by atoms with van der Waals surface area (Å²) in [6.45, 7) is 3.78. The van der Waals surface area contributed by atoms with E-state index in [2.05, 4.69) is 9.72 Å². The van der Waals surface area contributed by atoms with Crippen LogP contribution in [0.25, 0.3) is 0 Å². The third-order valence-electron chi connectivity index (χ3n) is 7.62. The normalized spacial score (nSPS) is 21.4. The second-order valence-corrected chi connectivity index (χ2v) is 11.1. The molecule has 2 aromatic carbocycles. The average molecular weight is 696 g/mol. The van der Waals surface area contributed by atoms with Gasteiger partial charge in [-0.25, -0.2) is 0 Å². The topological polar surface area (TPSA) is 209 Å². The Morgan fingerprint density at radius 3 is 1.72 bits per heavy atom. The van der Waals surface area contributed by atoms with Gasteiger partial charge in [0.15, 0.2) is 0 Å². The molecule has 1 aromatic heterocycles. The molecule has 2 unspecified atom stereocenters. The van der Waals surface area contributed by atoms with Crippen molar-refractivity contribution in [1.82, 2.24) is 4.98 Å². The predicted octanol–water partition coefficient (Wildman–Crippen LogP) is 5.12. The van der Waals surface area contributed by atoms with Gasteiger partial charge in [0.1, 0.15) is 6.10 Å². The predicted molar refractivity (Wildman–Crippen MR) is 184 cm³/mol. The fraction of sp³-hybridized carbons (Fsp3) is 0.389. The van der Waals surface area contributed by atoms with Crippen molar-refractivity contribution in [1.29, 1.82) is 0 Å². The number of aromatic nitrogens is 1. The maximum absolute atomic E-state index is 11.1. The summed E-state index contributed by atoms with van der Waals surface area (Å²) in [7, 11) is 0. The molecular formula is C36H45N3O11. The van der Waals surface area contributed by atoms with Crippen LogP contribution < -0.4 is 0 Å². The molecule has 0 bridgehead atoms. The summed E-state index contributed by atoms with van der Waals surface area (Å²) in [4.78, 5) is 55.6. The first-order valence-corrected chi connectivity index (χ1v) is 15.4. The Kier molecular flexibility index (Phi) is 19.1. The van der Waals surface area contributed by atoms with Crippen LogP contribution in [0.5, 0.6) is 0 Å². The van der Waals surface area contributed by atoms with Crippen molar-refractivity contribution >= 4 is 17.9 Å². The quantitative estimate of drug-likeness (QED) is 0.143. The number of hydrogen-bond acceptors (Lipinski definition) is 12. The Hall–Kier alpha value is -5.34. The van der Waals surface area contributed by atoms with Crippen LogP contribution in [0.4, 0.5) is 0 Å². The fourth-order valence-electron chi connectivity index (χ4n) is 5.69. The van der Waals surface area contributed by atoms with E-state index in [0.717, 1.165) is 11.1 Å². The van der Waals surface area contributed by atoms with Gasteiger partial charge in [0.2, 0.25) is 11.7 Å². The molecule has 14 heteroatoms. The van der Waals surface area contributed by atoms with Crippen LogP contribution in [0.2, 0.25) is 0 Å². The number of ether oxygens (including phenoxy) is 2. The van der Waals surface area contributed by atoms with E-state index in [0.29, 0.717) is 6.42 Å². The highest BCUT2D eigenvalue weighted by Crippen LogP contribution is 2.42. The maximum Gasteiger partial charge on any atom is 0.310 e. The lowest BCUT2D eigenvalue weighted by Crippen LogP contribution is -2.33. The number of carbonyl (C=O) groups is 3. The molecule has 0 aliphatic heterocycles. The van der Waals surface area contributed by atoms with E-state index in [4.69, 9.17) is 4.74 Å². The van der Waals surface area contributed by atoms with Crippen LogP contribution in [-0.4, -0.2) is 68.3 Å². The van der Waals surface area contributed by atoms with E-state index in [1.165, 1.54) is 20.8 Å². The van der Waals surface area contributed by atoms with Crippen molar-refractivity contribution < 1.29 is 43.9 Å². The maximum atomic E-state index is 11.1. The first-order chi connectivity index (χ1) is 23.4. The van der Waals surface area contributed by atoms with E-state index in [9.17, 15) is 44.8 Å². The number of aliphatic hydroxyl groups excluding tert-OH is 2. The lowest BCUT2D eigenvalue weighted by Gasteiger charge is -2.19. The summed E-state index contributed by atoms with van der Waals surface area (Å²) >= 11 is 0. The van der Waals surface area contributed by atoms with Gasteiger partial charge < -0.3 is 19.7 Å². The molecule has 2 aliphatic carbocycles. The summed E-state index contributed by atoms with van der Waals surface area (Å²) in [5.41, 5.74) is 1.90. The monoisotopic (exact) mass is 695 g/mol. The highest BCUT2D eigenvalue weighted by molar-refractivity contribution is 5.82. The smallest absolute Gasteiger partial charge is 0.310 e. The van der Waals surface area contributed by atoms with Gasteiger partial charge in [-0.3, -0.25) is 39.6 Å². The number of rotatable bonds is 7. The Bertz CT molecular complexity index is 1480. The van der Waals surface area contributed by atoms with Crippen LogP contribution in [-0.2, 0) is 23.9 Å². The van der Waals surface area contributed by atoms with Crippen molar-refractivity contribution in [3.8, 4) is 0 Å². The molecule has 2 aliphatic rings. The zero-order chi connectivity index (χ0) is 36.3. The largest absolute Gasteiger partial charge is 0.466 e. The SMILES string of the molecule is C.CC(=O)OC(C)=O.CC(=O)OC[C@@H]1CC=C([N+](=O)[O-])[C@@H]1c1ccccc1.O=[N+]([O-])C1C(O)C[C@@H](CO)[C@H]1c1ccccc1.c1ccncc1. The van der Waals surface area contributed by atoms with Crippen molar-refractivity contribution in [2.75, 3.05) is 13.2 Å². The lowest BCUT2D eigenvalue weighted by molar-refractivity contribution is -0.534. The number of hydrogen-bond donors (Lipinski definition) is 2. The minimum Gasteiger partial charge on any atom is -0.466 e. The number of nitro groups is 2. The number of allylic oxidation sites excluding steroid dienone is 2. The van der Waals surface area contributed by atoms with E-state index < -0.39 is 34.9 Å². The fourth-order valence-corrected chi connectivity index (χ4v) is 5.69. The van der Waals surface area contributed by atoms with Gasteiger partial charge in [-0.1, -0.05) is 74.2 Å². The molecule has 0 radical (unpaired) electrons. The Morgan fingerprint density at radius 2 is 1.34 bits per heavy atom. The van der Waals surface area contributed by atoms with Gasteiger partial charge in [-0.05, 0) is 48.1 Å². The van der Waals surface area contributed by atoms with Gasteiger partial charge in [0.05, 0.1) is 23.4 Å². The summed E-state index contributed by atoms with van der Waals surface area (Å²) < 4.78 is 8.98. The number of benzene rings is 2. The molecule has 50 heavy (non-hydrogen) atoms.